The fraction of sp³-hybridized carbons (Fsp3) is 0.421. The molecule has 1 aromatic carbocycles. The highest BCUT2D eigenvalue weighted by Crippen LogP contribution is 2.27. The number of ketones is 1. The van der Waals surface area contributed by atoms with Crippen LogP contribution in [-0.2, 0) is 6.42 Å². The number of hydrogen-bond donors (Lipinski definition) is 2. The molecule has 130 valence electrons. The van der Waals surface area contributed by atoms with Gasteiger partial charge in [-0.2, -0.15) is 0 Å². The Labute approximate surface area is 147 Å². The summed E-state index contributed by atoms with van der Waals surface area (Å²) in [7, 11) is 0. The molecular weight excluding hydrogens is 322 g/mol. The number of hydrogen-bond acceptors (Lipinski definition) is 5. The minimum absolute atomic E-state index is 0.0856. The fourth-order valence-electron chi connectivity index (χ4n) is 2.32. The fourth-order valence-corrected chi connectivity index (χ4v) is 3.13. The van der Waals surface area contributed by atoms with Crippen LogP contribution in [0.15, 0.2) is 41.8 Å². The lowest BCUT2D eigenvalue weighted by Gasteiger charge is -2.13. The Balaban J connectivity index is 1.81. The van der Waals surface area contributed by atoms with Crippen LogP contribution in [0.25, 0.3) is 0 Å². The second-order valence-corrected chi connectivity index (χ2v) is 6.61. The van der Waals surface area contributed by atoms with Gasteiger partial charge in [0.15, 0.2) is 5.78 Å². The van der Waals surface area contributed by atoms with Crippen LogP contribution >= 0.6 is 11.3 Å². The number of Topliss-reactive ketones (excluding diaryl/α,β-unsaturated/α-hetero) is 1. The molecule has 0 aliphatic carbocycles. The summed E-state index contributed by atoms with van der Waals surface area (Å²) in [4.78, 5) is 13.0. The van der Waals surface area contributed by atoms with Crippen LogP contribution in [0.2, 0.25) is 0 Å². The minimum atomic E-state index is -0.580. The molecule has 2 rings (SSSR count). The van der Waals surface area contributed by atoms with Gasteiger partial charge in [0.05, 0.1) is 0 Å². The molecule has 4 nitrogen and oxygen atoms in total. The SMILES string of the molecule is CCCNC[C@@H](O)COc1ccsc1C(=O)CCc1ccccc1. The Kier molecular flexibility index (Phi) is 7.95. The van der Waals surface area contributed by atoms with Crippen molar-refractivity contribution < 1.29 is 14.6 Å². The van der Waals surface area contributed by atoms with E-state index in [1.54, 1.807) is 6.07 Å². The molecule has 0 aliphatic heterocycles. The summed E-state index contributed by atoms with van der Waals surface area (Å²) >= 11 is 1.39. The molecule has 1 atom stereocenters. The Morgan fingerprint density at radius 3 is 2.83 bits per heavy atom. The lowest BCUT2D eigenvalue weighted by atomic mass is 10.1. The largest absolute Gasteiger partial charge is 0.489 e. The van der Waals surface area contributed by atoms with Crippen molar-refractivity contribution in [2.24, 2.45) is 0 Å². The molecule has 0 spiro atoms. The summed E-state index contributed by atoms with van der Waals surface area (Å²) in [5.41, 5.74) is 1.15. The van der Waals surface area contributed by atoms with E-state index in [0.717, 1.165) is 24.9 Å². The molecule has 0 fully saturated rings. The van der Waals surface area contributed by atoms with Gasteiger partial charge in [-0.15, -0.1) is 11.3 Å². The lowest BCUT2D eigenvalue weighted by Crippen LogP contribution is -2.31. The Hall–Kier alpha value is -1.69. The van der Waals surface area contributed by atoms with Crippen LogP contribution in [0.1, 0.15) is 35.0 Å². The maximum absolute atomic E-state index is 12.4. The normalized spacial score (nSPS) is 12.1. The third-order valence-corrected chi connectivity index (χ3v) is 4.54. The van der Waals surface area contributed by atoms with Gasteiger partial charge in [0.1, 0.15) is 23.3 Å². The van der Waals surface area contributed by atoms with Crippen molar-refractivity contribution in [3.05, 3.63) is 52.2 Å². The highest BCUT2D eigenvalue weighted by Gasteiger charge is 2.15. The van der Waals surface area contributed by atoms with Crippen molar-refractivity contribution in [3.63, 3.8) is 0 Å². The summed E-state index contributed by atoms with van der Waals surface area (Å²) in [6.45, 7) is 3.63. The maximum Gasteiger partial charge on any atom is 0.176 e. The molecule has 0 aliphatic rings. The zero-order valence-corrected chi connectivity index (χ0v) is 14.8. The Morgan fingerprint density at radius 2 is 2.08 bits per heavy atom. The van der Waals surface area contributed by atoms with E-state index in [1.807, 2.05) is 35.7 Å². The van der Waals surface area contributed by atoms with Gasteiger partial charge in [-0.1, -0.05) is 37.3 Å². The monoisotopic (exact) mass is 347 g/mol. The van der Waals surface area contributed by atoms with Crippen molar-refractivity contribution in [2.45, 2.75) is 32.3 Å². The number of aliphatic hydroxyl groups excluding tert-OH is 1. The number of nitrogens with one attached hydrogen (secondary N) is 1. The molecule has 0 saturated carbocycles. The molecule has 24 heavy (non-hydrogen) atoms. The third kappa shape index (κ3) is 6.07. The first-order valence-electron chi connectivity index (χ1n) is 8.37. The predicted octanol–water partition coefficient (Wildman–Crippen LogP) is 3.30. The number of thiophene rings is 1. The van der Waals surface area contributed by atoms with Crippen LogP contribution in [0, 0.1) is 0 Å². The number of carbonyl (C=O) groups excluding carboxylic acids is 1. The van der Waals surface area contributed by atoms with E-state index in [9.17, 15) is 9.90 Å². The molecule has 0 saturated heterocycles. The van der Waals surface area contributed by atoms with E-state index < -0.39 is 6.10 Å². The van der Waals surface area contributed by atoms with Gasteiger partial charge in [0.25, 0.3) is 0 Å². The van der Waals surface area contributed by atoms with Gasteiger partial charge in [0.2, 0.25) is 0 Å². The average Bonchev–Trinajstić information content (AvgIpc) is 3.08. The van der Waals surface area contributed by atoms with Crippen molar-refractivity contribution >= 4 is 17.1 Å². The first-order chi connectivity index (χ1) is 11.7. The summed E-state index contributed by atoms with van der Waals surface area (Å²) in [5.74, 6) is 0.662. The van der Waals surface area contributed by atoms with Crippen LogP contribution in [0.3, 0.4) is 0 Å². The highest BCUT2D eigenvalue weighted by atomic mass is 32.1. The smallest absolute Gasteiger partial charge is 0.176 e. The van der Waals surface area contributed by atoms with Crippen LogP contribution in [0.5, 0.6) is 5.75 Å². The molecule has 0 amide bonds. The number of aliphatic hydroxyl groups is 1. The number of carbonyl (C=O) groups is 1. The van der Waals surface area contributed by atoms with Gasteiger partial charge in [-0.05, 0) is 36.4 Å². The molecule has 0 unspecified atom stereocenters. The van der Waals surface area contributed by atoms with Gasteiger partial charge >= 0.3 is 0 Å². The summed E-state index contributed by atoms with van der Waals surface area (Å²) in [6.07, 6.45) is 1.63. The van der Waals surface area contributed by atoms with Gasteiger partial charge < -0.3 is 15.2 Å². The molecule has 1 heterocycles. The molecule has 1 aromatic heterocycles. The summed E-state index contributed by atoms with van der Waals surface area (Å²) in [5, 5.41) is 14.9. The van der Waals surface area contributed by atoms with Crippen molar-refractivity contribution in [2.75, 3.05) is 19.7 Å². The number of benzene rings is 1. The van der Waals surface area contributed by atoms with Crippen molar-refractivity contribution in [1.29, 1.82) is 0 Å². The second-order valence-electron chi connectivity index (χ2n) is 5.69. The Morgan fingerprint density at radius 1 is 1.29 bits per heavy atom. The zero-order valence-electron chi connectivity index (χ0n) is 14.0. The molecule has 2 aromatic rings. The topological polar surface area (TPSA) is 58.6 Å². The molecule has 5 heteroatoms. The van der Waals surface area contributed by atoms with Gasteiger partial charge in [-0.25, -0.2) is 0 Å². The second kappa shape index (κ2) is 10.2. The number of rotatable bonds is 11. The van der Waals surface area contributed by atoms with Gasteiger partial charge in [0, 0.05) is 13.0 Å². The van der Waals surface area contributed by atoms with Crippen LogP contribution in [-0.4, -0.2) is 36.7 Å². The third-order valence-electron chi connectivity index (χ3n) is 3.60. The quantitative estimate of drug-likeness (QED) is 0.484. The average molecular weight is 347 g/mol. The minimum Gasteiger partial charge on any atom is -0.489 e. The van der Waals surface area contributed by atoms with Crippen LogP contribution in [0.4, 0.5) is 0 Å². The van der Waals surface area contributed by atoms with E-state index in [0.29, 0.717) is 23.6 Å². The van der Waals surface area contributed by atoms with Crippen molar-refractivity contribution in [1.82, 2.24) is 5.32 Å². The summed E-state index contributed by atoms with van der Waals surface area (Å²) < 4.78 is 5.64. The predicted molar refractivity (Wildman–Crippen MR) is 98.1 cm³/mol. The molecular formula is C19H25NO3S. The number of ether oxygens (including phenoxy) is 1. The van der Waals surface area contributed by atoms with E-state index in [-0.39, 0.29) is 12.4 Å². The highest BCUT2D eigenvalue weighted by molar-refractivity contribution is 7.12. The van der Waals surface area contributed by atoms with E-state index in [2.05, 4.69) is 12.2 Å². The van der Waals surface area contributed by atoms with Crippen LogP contribution < -0.4 is 10.1 Å². The first kappa shape index (κ1) is 18.6. The molecule has 0 bridgehead atoms. The van der Waals surface area contributed by atoms with Crippen molar-refractivity contribution in [3.8, 4) is 5.75 Å². The standard InChI is InChI=1S/C19H25NO3S/c1-2-11-20-13-16(21)14-23-18-10-12-24-19(18)17(22)9-8-15-6-4-3-5-7-15/h3-7,10,12,16,20-21H,2,8-9,11,13-14H2,1H3/t16-/m1/s1. The number of aryl methyl sites for hydroxylation is 1. The maximum atomic E-state index is 12.4. The van der Waals surface area contributed by atoms with E-state index in [1.165, 1.54) is 11.3 Å². The summed E-state index contributed by atoms with van der Waals surface area (Å²) in [6, 6.07) is 11.8. The Bertz CT molecular complexity index is 612. The van der Waals surface area contributed by atoms with E-state index >= 15 is 0 Å². The lowest BCUT2D eigenvalue weighted by molar-refractivity contribution is 0.0957. The molecule has 0 radical (unpaired) electrons. The van der Waals surface area contributed by atoms with E-state index in [4.69, 9.17) is 4.74 Å². The van der Waals surface area contributed by atoms with Gasteiger partial charge in [-0.3, -0.25) is 4.79 Å². The zero-order chi connectivity index (χ0) is 17.2. The molecule has 2 N–H and O–H groups in total. The first-order valence-corrected chi connectivity index (χ1v) is 9.25.